The second-order valence-corrected chi connectivity index (χ2v) is 7.33. The summed E-state index contributed by atoms with van der Waals surface area (Å²) in [5.74, 6) is -0.747. The van der Waals surface area contributed by atoms with E-state index in [-0.39, 0.29) is 18.4 Å². The van der Waals surface area contributed by atoms with Crippen LogP contribution in [0.5, 0.6) is 0 Å². The molecule has 3 N–H and O–H groups in total. The fraction of sp³-hybridized carbons (Fsp3) is 0.318. The average Bonchev–Trinajstić information content (AvgIpc) is 2.71. The number of benzene rings is 2. The van der Waals surface area contributed by atoms with Gasteiger partial charge in [-0.2, -0.15) is 0 Å². The van der Waals surface area contributed by atoms with Crippen LogP contribution in [-0.4, -0.2) is 60.2 Å². The van der Waals surface area contributed by atoms with Crippen molar-refractivity contribution in [2.45, 2.75) is 13.8 Å². The summed E-state index contributed by atoms with van der Waals surface area (Å²) in [5, 5.41) is 3.00. The Labute approximate surface area is 170 Å². The third-order valence-corrected chi connectivity index (χ3v) is 5.17. The van der Waals surface area contributed by atoms with E-state index in [9.17, 15) is 14.4 Å². The summed E-state index contributed by atoms with van der Waals surface area (Å²) in [4.78, 5) is 40.2. The Kier molecular flexibility index (Phi) is 6.29. The maximum absolute atomic E-state index is 12.7. The Balaban J connectivity index is 1.54. The molecule has 1 fully saturated rings. The van der Waals surface area contributed by atoms with Gasteiger partial charge < -0.3 is 16.0 Å². The zero-order valence-corrected chi connectivity index (χ0v) is 16.8. The smallest absolute Gasteiger partial charge is 0.253 e. The topological polar surface area (TPSA) is 95.7 Å². The average molecular weight is 394 g/mol. The molecule has 29 heavy (non-hydrogen) atoms. The number of hydrogen-bond acceptors (Lipinski definition) is 4. The Hall–Kier alpha value is -3.19. The maximum atomic E-state index is 12.7. The molecule has 0 radical (unpaired) electrons. The maximum Gasteiger partial charge on any atom is 0.253 e. The van der Waals surface area contributed by atoms with E-state index < -0.39 is 5.91 Å². The van der Waals surface area contributed by atoms with Gasteiger partial charge in [0.25, 0.3) is 5.91 Å². The molecule has 7 heteroatoms. The highest BCUT2D eigenvalue weighted by Crippen LogP contribution is 2.19. The largest absolute Gasteiger partial charge is 0.366 e. The predicted molar refractivity (Wildman–Crippen MR) is 112 cm³/mol. The SMILES string of the molecule is Cc1cccc(C)c1NC(=O)CN1CCN(C(=O)c2cccc(C(N)=O)c2)CC1. The molecule has 1 saturated heterocycles. The number of primary amides is 1. The molecule has 152 valence electrons. The van der Waals surface area contributed by atoms with Crippen LogP contribution in [-0.2, 0) is 4.79 Å². The number of para-hydroxylation sites is 1. The van der Waals surface area contributed by atoms with Gasteiger partial charge in [-0.05, 0) is 43.2 Å². The first kappa shape index (κ1) is 20.5. The van der Waals surface area contributed by atoms with E-state index in [0.29, 0.717) is 37.3 Å². The van der Waals surface area contributed by atoms with Crippen LogP contribution in [0.15, 0.2) is 42.5 Å². The van der Waals surface area contributed by atoms with Gasteiger partial charge in [0.05, 0.1) is 6.54 Å². The summed E-state index contributed by atoms with van der Waals surface area (Å²) in [5.41, 5.74) is 8.99. The van der Waals surface area contributed by atoms with E-state index in [4.69, 9.17) is 5.73 Å². The van der Waals surface area contributed by atoms with Crippen molar-refractivity contribution in [1.82, 2.24) is 9.80 Å². The molecule has 2 aromatic carbocycles. The van der Waals surface area contributed by atoms with Crippen LogP contribution in [0.4, 0.5) is 5.69 Å². The van der Waals surface area contributed by atoms with Crippen LogP contribution in [0.2, 0.25) is 0 Å². The zero-order chi connectivity index (χ0) is 21.0. The number of aryl methyl sites for hydroxylation is 2. The minimum absolute atomic E-state index is 0.0589. The van der Waals surface area contributed by atoms with Crippen LogP contribution in [0, 0.1) is 13.8 Å². The number of carbonyl (C=O) groups is 3. The van der Waals surface area contributed by atoms with Crippen LogP contribution in [0.25, 0.3) is 0 Å². The Morgan fingerprint density at radius 2 is 1.52 bits per heavy atom. The highest BCUT2D eigenvalue weighted by Gasteiger charge is 2.24. The molecule has 1 heterocycles. The number of hydrogen-bond donors (Lipinski definition) is 2. The quantitative estimate of drug-likeness (QED) is 0.808. The molecule has 2 aromatic rings. The number of piperazine rings is 1. The van der Waals surface area contributed by atoms with E-state index in [1.807, 2.05) is 36.9 Å². The van der Waals surface area contributed by atoms with Crippen molar-refractivity contribution in [2.24, 2.45) is 5.73 Å². The first-order chi connectivity index (χ1) is 13.8. The first-order valence-electron chi connectivity index (χ1n) is 9.62. The van der Waals surface area contributed by atoms with Crippen molar-refractivity contribution in [3.05, 3.63) is 64.7 Å². The lowest BCUT2D eigenvalue weighted by molar-refractivity contribution is -0.117. The molecule has 0 spiro atoms. The van der Waals surface area contributed by atoms with Gasteiger partial charge in [0.15, 0.2) is 0 Å². The number of amides is 3. The van der Waals surface area contributed by atoms with Gasteiger partial charge in [0, 0.05) is 43.0 Å². The van der Waals surface area contributed by atoms with Gasteiger partial charge in [-0.3, -0.25) is 19.3 Å². The van der Waals surface area contributed by atoms with Gasteiger partial charge in [0.1, 0.15) is 0 Å². The first-order valence-corrected chi connectivity index (χ1v) is 9.62. The van der Waals surface area contributed by atoms with Crippen molar-refractivity contribution in [3.8, 4) is 0 Å². The Morgan fingerprint density at radius 3 is 2.14 bits per heavy atom. The highest BCUT2D eigenvalue weighted by atomic mass is 16.2. The predicted octanol–water partition coefficient (Wildman–Crippen LogP) is 1.80. The second-order valence-electron chi connectivity index (χ2n) is 7.33. The van der Waals surface area contributed by atoms with Crippen molar-refractivity contribution < 1.29 is 14.4 Å². The van der Waals surface area contributed by atoms with Crippen molar-refractivity contribution in [2.75, 3.05) is 38.0 Å². The van der Waals surface area contributed by atoms with E-state index in [2.05, 4.69) is 5.32 Å². The molecular formula is C22H26N4O3. The molecule has 0 atom stereocenters. The lowest BCUT2D eigenvalue weighted by atomic mass is 10.1. The summed E-state index contributed by atoms with van der Waals surface area (Å²) in [6.45, 7) is 6.50. The number of carbonyl (C=O) groups excluding carboxylic acids is 3. The van der Waals surface area contributed by atoms with E-state index in [0.717, 1.165) is 16.8 Å². The molecule has 0 aliphatic carbocycles. The van der Waals surface area contributed by atoms with Gasteiger partial charge in [-0.15, -0.1) is 0 Å². The minimum atomic E-state index is -0.556. The van der Waals surface area contributed by atoms with Crippen LogP contribution in [0.3, 0.4) is 0 Å². The van der Waals surface area contributed by atoms with Gasteiger partial charge in [0.2, 0.25) is 11.8 Å². The molecular weight excluding hydrogens is 368 g/mol. The molecule has 3 amide bonds. The molecule has 0 unspecified atom stereocenters. The second kappa shape index (κ2) is 8.87. The fourth-order valence-electron chi connectivity index (χ4n) is 3.49. The number of nitrogens with one attached hydrogen (secondary N) is 1. The molecule has 0 saturated carbocycles. The lowest BCUT2D eigenvalue weighted by Gasteiger charge is -2.34. The summed E-state index contributed by atoms with van der Waals surface area (Å²) >= 11 is 0. The van der Waals surface area contributed by atoms with Crippen molar-refractivity contribution in [1.29, 1.82) is 0 Å². The Bertz CT molecular complexity index is 913. The number of rotatable bonds is 5. The third kappa shape index (κ3) is 5.00. The molecule has 0 bridgehead atoms. The lowest BCUT2D eigenvalue weighted by Crippen LogP contribution is -2.50. The summed E-state index contributed by atoms with van der Waals surface area (Å²) in [7, 11) is 0. The van der Waals surface area contributed by atoms with E-state index in [1.165, 1.54) is 6.07 Å². The molecule has 3 rings (SSSR count). The van der Waals surface area contributed by atoms with Crippen molar-refractivity contribution in [3.63, 3.8) is 0 Å². The fourth-order valence-corrected chi connectivity index (χ4v) is 3.49. The van der Waals surface area contributed by atoms with Gasteiger partial charge >= 0.3 is 0 Å². The van der Waals surface area contributed by atoms with Gasteiger partial charge in [-0.25, -0.2) is 0 Å². The summed E-state index contributed by atoms with van der Waals surface area (Å²) in [6, 6.07) is 12.4. The van der Waals surface area contributed by atoms with Crippen molar-refractivity contribution >= 4 is 23.4 Å². The minimum Gasteiger partial charge on any atom is -0.366 e. The van der Waals surface area contributed by atoms with Crippen LogP contribution in [0.1, 0.15) is 31.8 Å². The van der Waals surface area contributed by atoms with E-state index in [1.54, 1.807) is 23.1 Å². The normalized spacial score (nSPS) is 14.5. The molecule has 0 aromatic heterocycles. The molecule has 1 aliphatic heterocycles. The number of nitrogens with two attached hydrogens (primary N) is 1. The van der Waals surface area contributed by atoms with Gasteiger partial charge in [-0.1, -0.05) is 24.3 Å². The summed E-state index contributed by atoms with van der Waals surface area (Å²) in [6.07, 6.45) is 0. The highest BCUT2D eigenvalue weighted by molar-refractivity contribution is 5.99. The van der Waals surface area contributed by atoms with Crippen LogP contribution < -0.4 is 11.1 Å². The van der Waals surface area contributed by atoms with Crippen LogP contribution >= 0.6 is 0 Å². The number of nitrogens with zero attached hydrogens (tertiary/aromatic N) is 2. The molecule has 1 aliphatic rings. The Morgan fingerprint density at radius 1 is 0.931 bits per heavy atom. The third-order valence-electron chi connectivity index (χ3n) is 5.17. The standard InChI is InChI=1S/C22H26N4O3/c1-15-5-3-6-16(2)20(15)24-19(27)14-25-9-11-26(12-10-25)22(29)18-8-4-7-17(13-18)21(23)28/h3-8,13H,9-12,14H2,1-2H3,(H2,23,28)(H,24,27). The summed E-state index contributed by atoms with van der Waals surface area (Å²) < 4.78 is 0. The van der Waals surface area contributed by atoms with E-state index >= 15 is 0 Å². The zero-order valence-electron chi connectivity index (χ0n) is 16.8. The monoisotopic (exact) mass is 394 g/mol. The molecule has 7 nitrogen and oxygen atoms in total. The number of anilines is 1.